The molecule has 1 aromatic rings. The summed E-state index contributed by atoms with van der Waals surface area (Å²) < 4.78 is 1.79. The molecule has 0 bridgehead atoms. The molecule has 3 aliphatic rings. The fourth-order valence-corrected chi connectivity index (χ4v) is 4.54. The topological polar surface area (TPSA) is 58.4 Å². The van der Waals surface area contributed by atoms with Gasteiger partial charge < -0.3 is 9.80 Å². The van der Waals surface area contributed by atoms with Gasteiger partial charge in [0.1, 0.15) is 0 Å². The number of carbonyl (C=O) groups is 2. The summed E-state index contributed by atoms with van der Waals surface area (Å²) >= 11 is 0. The summed E-state index contributed by atoms with van der Waals surface area (Å²) in [6.07, 6.45) is 12.2. The first-order chi connectivity index (χ1) is 12.6. The highest BCUT2D eigenvalue weighted by atomic mass is 16.2. The number of piperidine rings is 1. The van der Waals surface area contributed by atoms with Crippen LogP contribution in [0.4, 0.5) is 0 Å². The van der Waals surface area contributed by atoms with Crippen LogP contribution in [0.5, 0.6) is 0 Å². The van der Waals surface area contributed by atoms with Gasteiger partial charge in [-0.05, 0) is 38.5 Å². The second-order valence-corrected chi connectivity index (χ2v) is 8.30. The highest BCUT2D eigenvalue weighted by Gasteiger charge is 2.38. The van der Waals surface area contributed by atoms with Gasteiger partial charge in [-0.2, -0.15) is 5.10 Å². The maximum atomic E-state index is 13.1. The molecule has 0 radical (unpaired) electrons. The van der Waals surface area contributed by atoms with Gasteiger partial charge in [0.25, 0.3) is 0 Å². The number of rotatable bonds is 5. The summed E-state index contributed by atoms with van der Waals surface area (Å²) in [5.74, 6) is 0.933. The van der Waals surface area contributed by atoms with Crippen molar-refractivity contribution in [3.05, 3.63) is 18.0 Å². The molecule has 0 N–H and O–H groups in total. The maximum absolute atomic E-state index is 13.1. The molecule has 1 saturated heterocycles. The molecule has 4 rings (SSSR count). The van der Waals surface area contributed by atoms with E-state index < -0.39 is 0 Å². The minimum atomic E-state index is 0.0694. The van der Waals surface area contributed by atoms with E-state index in [0.29, 0.717) is 18.5 Å². The molecule has 1 aliphatic heterocycles. The number of amides is 2. The molecule has 0 atom stereocenters. The van der Waals surface area contributed by atoms with Crippen molar-refractivity contribution in [1.29, 1.82) is 0 Å². The van der Waals surface area contributed by atoms with Gasteiger partial charge in [0.2, 0.25) is 11.8 Å². The van der Waals surface area contributed by atoms with E-state index in [2.05, 4.69) is 10.00 Å². The molecule has 0 aromatic carbocycles. The molecule has 2 amide bonds. The Kier molecular flexibility index (Phi) is 5.00. The highest BCUT2D eigenvalue weighted by molar-refractivity contribution is 5.81. The number of nitrogens with zero attached hydrogens (tertiary/aromatic N) is 4. The Morgan fingerprint density at radius 2 is 1.77 bits per heavy atom. The second kappa shape index (κ2) is 7.41. The van der Waals surface area contributed by atoms with Crippen molar-refractivity contribution >= 4 is 11.8 Å². The first kappa shape index (κ1) is 17.6. The predicted molar refractivity (Wildman–Crippen MR) is 98.0 cm³/mol. The predicted octanol–water partition coefficient (Wildman–Crippen LogP) is 2.34. The van der Waals surface area contributed by atoms with Crippen LogP contribution in [0.15, 0.2) is 12.4 Å². The number of aryl methyl sites for hydroxylation is 1. The van der Waals surface area contributed by atoms with Crippen LogP contribution >= 0.6 is 0 Å². The number of hydrogen-bond acceptors (Lipinski definition) is 3. The molecule has 0 unspecified atom stereocenters. The zero-order valence-electron chi connectivity index (χ0n) is 15.8. The average molecular weight is 358 g/mol. The summed E-state index contributed by atoms with van der Waals surface area (Å²) in [6, 6.07) is 0.404. The molecule has 3 fully saturated rings. The van der Waals surface area contributed by atoms with Gasteiger partial charge in [0, 0.05) is 56.3 Å². The third-order valence-corrected chi connectivity index (χ3v) is 6.24. The first-order valence-corrected chi connectivity index (χ1v) is 10.2. The van der Waals surface area contributed by atoms with Gasteiger partial charge >= 0.3 is 0 Å². The zero-order chi connectivity index (χ0) is 18.1. The van der Waals surface area contributed by atoms with Crippen LogP contribution in [0.2, 0.25) is 0 Å². The van der Waals surface area contributed by atoms with Crippen LogP contribution in [-0.4, -0.2) is 50.5 Å². The van der Waals surface area contributed by atoms with Gasteiger partial charge in [-0.1, -0.05) is 12.8 Å². The van der Waals surface area contributed by atoms with E-state index in [0.717, 1.165) is 57.2 Å². The van der Waals surface area contributed by atoms with E-state index in [9.17, 15) is 9.59 Å². The Labute approximate surface area is 155 Å². The van der Waals surface area contributed by atoms with Crippen molar-refractivity contribution in [1.82, 2.24) is 19.6 Å². The smallest absolute Gasteiger partial charge is 0.226 e. The largest absolute Gasteiger partial charge is 0.342 e. The molecule has 6 nitrogen and oxygen atoms in total. The van der Waals surface area contributed by atoms with E-state index in [-0.39, 0.29) is 17.7 Å². The lowest BCUT2D eigenvalue weighted by Crippen LogP contribution is -2.46. The normalized spacial score (nSPS) is 22.0. The summed E-state index contributed by atoms with van der Waals surface area (Å²) in [7, 11) is 1.91. The van der Waals surface area contributed by atoms with Gasteiger partial charge in [-0.15, -0.1) is 0 Å². The molecule has 2 saturated carbocycles. The Morgan fingerprint density at radius 3 is 2.35 bits per heavy atom. The summed E-state index contributed by atoms with van der Waals surface area (Å²) in [5, 5.41) is 4.22. The van der Waals surface area contributed by atoms with Crippen molar-refractivity contribution in [3.8, 4) is 0 Å². The lowest BCUT2D eigenvalue weighted by Gasteiger charge is -2.35. The van der Waals surface area contributed by atoms with E-state index in [1.54, 1.807) is 4.68 Å². The minimum absolute atomic E-state index is 0.0694. The monoisotopic (exact) mass is 358 g/mol. The third kappa shape index (κ3) is 3.79. The van der Waals surface area contributed by atoms with Crippen LogP contribution in [0.25, 0.3) is 0 Å². The number of aromatic nitrogens is 2. The fourth-order valence-electron chi connectivity index (χ4n) is 4.54. The Hall–Kier alpha value is -1.85. The number of likely N-dealkylation sites (tertiary alicyclic amines) is 1. The van der Waals surface area contributed by atoms with Gasteiger partial charge in [0.05, 0.1) is 6.20 Å². The van der Waals surface area contributed by atoms with E-state index in [1.165, 1.54) is 12.8 Å². The molecular formula is C20H30N4O2. The van der Waals surface area contributed by atoms with E-state index in [4.69, 9.17) is 0 Å². The van der Waals surface area contributed by atoms with Crippen LogP contribution in [0.3, 0.4) is 0 Å². The first-order valence-electron chi connectivity index (χ1n) is 10.2. The second-order valence-electron chi connectivity index (χ2n) is 8.30. The van der Waals surface area contributed by atoms with Crippen molar-refractivity contribution in [2.45, 2.75) is 64.0 Å². The van der Waals surface area contributed by atoms with Crippen LogP contribution < -0.4 is 0 Å². The molecule has 2 heterocycles. The molecule has 2 aliphatic carbocycles. The highest BCUT2D eigenvalue weighted by Crippen LogP contribution is 2.33. The van der Waals surface area contributed by atoms with Crippen molar-refractivity contribution in [2.75, 3.05) is 13.1 Å². The molecule has 26 heavy (non-hydrogen) atoms. The Bertz CT molecular complexity index is 653. The van der Waals surface area contributed by atoms with Crippen LogP contribution in [-0.2, 0) is 23.2 Å². The van der Waals surface area contributed by atoms with Crippen LogP contribution in [0.1, 0.15) is 56.9 Å². The van der Waals surface area contributed by atoms with E-state index >= 15 is 0 Å². The quantitative estimate of drug-likeness (QED) is 0.812. The van der Waals surface area contributed by atoms with Gasteiger partial charge in [0.15, 0.2) is 0 Å². The standard InChI is InChI=1S/C20H30N4O2/c1-22-13-15(12-21-22)14-24(18-6-7-18)20(26)17-8-10-23(11-9-17)19(25)16-4-2-3-5-16/h12-13,16-18H,2-11,14H2,1H3. The molecule has 142 valence electrons. The summed E-state index contributed by atoms with van der Waals surface area (Å²) in [6.45, 7) is 2.16. The SMILES string of the molecule is Cn1cc(CN(C(=O)C2CCN(C(=O)C3CCCC3)CC2)C2CC2)cn1. The van der Waals surface area contributed by atoms with Gasteiger partial charge in [-0.25, -0.2) is 0 Å². The average Bonchev–Trinajstić information content (AvgIpc) is 3.18. The summed E-state index contributed by atoms with van der Waals surface area (Å²) in [5.41, 5.74) is 1.10. The van der Waals surface area contributed by atoms with Crippen molar-refractivity contribution in [2.24, 2.45) is 18.9 Å². The van der Waals surface area contributed by atoms with Crippen LogP contribution in [0, 0.1) is 11.8 Å². The zero-order valence-corrected chi connectivity index (χ0v) is 15.8. The lowest BCUT2D eigenvalue weighted by atomic mass is 9.93. The Morgan fingerprint density at radius 1 is 1.08 bits per heavy atom. The lowest BCUT2D eigenvalue weighted by molar-refractivity contribution is -0.143. The molecule has 6 heteroatoms. The van der Waals surface area contributed by atoms with E-state index in [1.807, 2.05) is 24.3 Å². The fraction of sp³-hybridized carbons (Fsp3) is 0.750. The van der Waals surface area contributed by atoms with Crippen molar-refractivity contribution in [3.63, 3.8) is 0 Å². The Balaban J connectivity index is 1.33. The number of carbonyl (C=O) groups excluding carboxylic acids is 2. The molecule has 1 aromatic heterocycles. The number of hydrogen-bond donors (Lipinski definition) is 0. The van der Waals surface area contributed by atoms with Gasteiger partial charge in [-0.3, -0.25) is 14.3 Å². The molecular weight excluding hydrogens is 328 g/mol. The summed E-state index contributed by atoms with van der Waals surface area (Å²) in [4.78, 5) is 29.8. The maximum Gasteiger partial charge on any atom is 0.226 e. The third-order valence-electron chi connectivity index (χ3n) is 6.24. The minimum Gasteiger partial charge on any atom is -0.342 e. The van der Waals surface area contributed by atoms with Crippen molar-refractivity contribution < 1.29 is 9.59 Å². The molecule has 0 spiro atoms.